The van der Waals surface area contributed by atoms with Gasteiger partial charge in [0, 0.05) is 15.5 Å². The maximum atomic E-state index is 10.1. The molecule has 0 aliphatic carbocycles. The summed E-state index contributed by atoms with van der Waals surface area (Å²) in [6.45, 7) is 0.395. The Labute approximate surface area is 134 Å². The van der Waals surface area contributed by atoms with Gasteiger partial charge in [0.25, 0.3) is 0 Å². The molecule has 0 aliphatic rings. The van der Waals surface area contributed by atoms with Crippen molar-refractivity contribution < 1.29 is 5.11 Å². The van der Waals surface area contributed by atoms with Gasteiger partial charge in [0.1, 0.15) is 0 Å². The zero-order valence-corrected chi connectivity index (χ0v) is 13.8. The fraction of sp³-hybridized carbons (Fsp3) is 0.143. The average Bonchev–Trinajstić information content (AvgIpc) is 2.39. The van der Waals surface area contributed by atoms with Crippen LogP contribution in [-0.4, -0.2) is 11.7 Å². The smallest absolute Gasteiger partial charge is 0.0962 e. The number of halogens is 3. The summed E-state index contributed by atoms with van der Waals surface area (Å²) >= 11 is 12.9. The van der Waals surface area contributed by atoms with E-state index in [-0.39, 0.29) is 0 Å². The zero-order valence-electron chi connectivity index (χ0n) is 9.91. The molecule has 0 aliphatic heterocycles. The van der Waals surface area contributed by atoms with Crippen LogP contribution in [0.4, 0.5) is 5.69 Å². The molecule has 2 rings (SSSR count). The molecule has 100 valence electrons. The van der Waals surface area contributed by atoms with E-state index in [9.17, 15) is 5.11 Å². The van der Waals surface area contributed by atoms with Crippen LogP contribution in [0, 0.1) is 0 Å². The fourth-order valence-corrected chi connectivity index (χ4v) is 2.63. The van der Waals surface area contributed by atoms with Crippen molar-refractivity contribution in [3.8, 4) is 0 Å². The molecule has 0 saturated heterocycles. The Morgan fingerprint density at radius 3 is 2.58 bits per heavy atom. The third-order valence-electron chi connectivity index (χ3n) is 2.65. The van der Waals surface area contributed by atoms with Crippen LogP contribution in [0.2, 0.25) is 5.02 Å². The molecule has 0 amide bonds. The van der Waals surface area contributed by atoms with Gasteiger partial charge < -0.3 is 10.4 Å². The van der Waals surface area contributed by atoms with Crippen molar-refractivity contribution in [2.75, 3.05) is 11.9 Å². The molecule has 0 radical (unpaired) electrons. The van der Waals surface area contributed by atoms with E-state index in [1.54, 1.807) is 6.07 Å². The Morgan fingerprint density at radius 1 is 1.11 bits per heavy atom. The number of anilines is 1. The summed E-state index contributed by atoms with van der Waals surface area (Å²) in [5.41, 5.74) is 1.65. The van der Waals surface area contributed by atoms with Gasteiger partial charge in [-0.1, -0.05) is 55.6 Å². The van der Waals surface area contributed by atoms with E-state index in [1.807, 2.05) is 36.4 Å². The van der Waals surface area contributed by atoms with E-state index < -0.39 is 6.10 Å². The lowest BCUT2D eigenvalue weighted by molar-refractivity contribution is 0.191. The number of hydrogen-bond donors (Lipinski definition) is 2. The number of aliphatic hydroxyl groups is 1. The Morgan fingerprint density at radius 2 is 1.84 bits per heavy atom. The maximum absolute atomic E-state index is 10.1. The highest BCUT2D eigenvalue weighted by molar-refractivity contribution is 9.10. The highest BCUT2D eigenvalue weighted by Crippen LogP contribution is 2.26. The molecule has 2 nitrogen and oxygen atoms in total. The minimum absolute atomic E-state index is 0.395. The second kappa shape index (κ2) is 6.75. The summed E-state index contributed by atoms with van der Waals surface area (Å²) in [5, 5.41) is 13.9. The number of benzene rings is 2. The first kappa shape index (κ1) is 14.9. The molecule has 1 atom stereocenters. The first-order valence-electron chi connectivity index (χ1n) is 5.69. The van der Waals surface area contributed by atoms with Crippen molar-refractivity contribution in [1.82, 2.24) is 0 Å². The Bertz CT molecular complexity index is 577. The number of rotatable bonds is 4. The van der Waals surface area contributed by atoms with Crippen LogP contribution in [0.3, 0.4) is 0 Å². The maximum Gasteiger partial charge on any atom is 0.0962 e. The van der Waals surface area contributed by atoms with Gasteiger partial charge in [-0.25, -0.2) is 0 Å². The fourth-order valence-electron chi connectivity index (χ4n) is 1.67. The average molecular weight is 406 g/mol. The van der Waals surface area contributed by atoms with Gasteiger partial charge in [0.2, 0.25) is 0 Å². The largest absolute Gasteiger partial charge is 0.387 e. The first-order valence-corrected chi connectivity index (χ1v) is 7.65. The molecule has 0 bridgehead atoms. The van der Waals surface area contributed by atoms with E-state index in [4.69, 9.17) is 11.6 Å². The monoisotopic (exact) mass is 403 g/mol. The van der Waals surface area contributed by atoms with Gasteiger partial charge in [0.05, 0.1) is 16.8 Å². The predicted octanol–water partition coefficient (Wildman–Crippen LogP) is 5.01. The van der Waals surface area contributed by atoms with Crippen LogP contribution in [0.25, 0.3) is 0 Å². The van der Waals surface area contributed by atoms with Crippen molar-refractivity contribution in [2.45, 2.75) is 6.10 Å². The molecule has 1 unspecified atom stereocenters. The molecule has 0 saturated carbocycles. The van der Waals surface area contributed by atoms with Gasteiger partial charge in [-0.3, -0.25) is 0 Å². The quantitative estimate of drug-likeness (QED) is 0.749. The van der Waals surface area contributed by atoms with Crippen LogP contribution in [0.5, 0.6) is 0 Å². The molecule has 0 spiro atoms. The third-order valence-corrected chi connectivity index (χ3v) is 3.96. The van der Waals surface area contributed by atoms with E-state index >= 15 is 0 Å². The van der Waals surface area contributed by atoms with Crippen LogP contribution < -0.4 is 5.32 Å². The Hall–Kier alpha value is -0.550. The standard InChI is InChI=1S/C14H12Br2ClNO/c15-10-3-1-2-9(6-10)14(19)8-18-13-7-11(16)4-5-12(13)17/h1-7,14,18-19H,8H2. The van der Waals surface area contributed by atoms with Crippen molar-refractivity contribution in [1.29, 1.82) is 0 Å². The molecule has 0 aromatic heterocycles. The Kier molecular flexibility index (Phi) is 5.28. The minimum atomic E-state index is -0.590. The summed E-state index contributed by atoms with van der Waals surface area (Å²) in [4.78, 5) is 0. The van der Waals surface area contributed by atoms with Crippen molar-refractivity contribution in [3.05, 3.63) is 62.0 Å². The van der Waals surface area contributed by atoms with Gasteiger partial charge in [-0.15, -0.1) is 0 Å². The van der Waals surface area contributed by atoms with Crippen molar-refractivity contribution in [2.24, 2.45) is 0 Å². The SMILES string of the molecule is OC(CNc1cc(Br)ccc1Cl)c1cccc(Br)c1. The second-order valence-corrected chi connectivity index (χ2v) is 6.31. The lowest BCUT2D eigenvalue weighted by atomic mass is 10.1. The van der Waals surface area contributed by atoms with E-state index in [0.717, 1.165) is 20.2 Å². The summed E-state index contributed by atoms with van der Waals surface area (Å²) in [7, 11) is 0. The number of nitrogens with one attached hydrogen (secondary N) is 1. The molecule has 19 heavy (non-hydrogen) atoms. The zero-order chi connectivity index (χ0) is 13.8. The van der Waals surface area contributed by atoms with Gasteiger partial charge in [-0.2, -0.15) is 0 Å². The lowest BCUT2D eigenvalue weighted by Crippen LogP contribution is -2.12. The molecular formula is C14H12Br2ClNO. The first-order chi connectivity index (χ1) is 9.06. The second-order valence-electron chi connectivity index (χ2n) is 4.08. The van der Waals surface area contributed by atoms with Crippen LogP contribution in [0.15, 0.2) is 51.4 Å². The highest BCUT2D eigenvalue weighted by Gasteiger charge is 2.09. The molecule has 2 aromatic rings. The van der Waals surface area contributed by atoms with Crippen LogP contribution >= 0.6 is 43.5 Å². The molecule has 0 heterocycles. The summed E-state index contributed by atoms with van der Waals surface area (Å²) in [6.07, 6.45) is -0.590. The normalized spacial score (nSPS) is 12.2. The molecule has 0 fully saturated rings. The summed E-state index contributed by atoms with van der Waals surface area (Å²) < 4.78 is 1.89. The predicted molar refractivity (Wildman–Crippen MR) is 86.7 cm³/mol. The molecule has 5 heteroatoms. The Balaban J connectivity index is 2.04. The molecule has 2 N–H and O–H groups in total. The topological polar surface area (TPSA) is 32.3 Å². The molecule has 2 aromatic carbocycles. The summed E-state index contributed by atoms with van der Waals surface area (Å²) in [5.74, 6) is 0. The van der Waals surface area contributed by atoms with Gasteiger partial charge in [0.15, 0.2) is 0 Å². The number of hydrogen-bond acceptors (Lipinski definition) is 2. The van der Waals surface area contributed by atoms with Gasteiger partial charge >= 0.3 is 0 Å². The van der Waals surface area contributed by atoms with E-state index in [2.05, 4.69) is 37.2 Å². The lowest BCUT2D eigenvalue weighted by Gasteiger charge is -2.14. The molecular weight excluding hydrogens is 393 g/mol. The third kappa shape index (κ3) is 4.21. The summed E-state index contributed by atoms with van der Waals surface area (Å²) in [6, 6.07) is 13.2. The van der Waals surface area contributed by atoms with Crippen LogP contribution in [0.1, 0.15) is 11.7 Å². The minimum Gasteiger partial charge on any atom is -0.387 e. The van der Waals surface area contributed by atoms with E-state index in [0.29, 0.717) is 11.6 Å². The highest BCUT2D eigenvalue weighted by atomic mass is 79.9. The van der Waals surface area contributed by atoms with Crippen molar-refractivity contribution in [3.63, 3.8) is 0 Å². The van der Waals surface area contributed by atoms with E-state index in [1.165, 1.54) is 0 Å². The van der Waals surface area contributed by atoms with Crippen molar-refractivity contribution >= 4 is 49.1 Å². The van der Waals surface area contributed by atoms with Gasteiger partial charge in [-0.05, 0) is 35.9 Å². The van der Waals surface area contributed by atoms with Crippen LogP contribution in [-0.2, 0) is 0 Å². The number of aliphatic hydroxyl groups excluding tert-OH is 1.